The third kappa shape index (κ3) is 1.50. The lowest BCUT2D eigenvalue weighted by atomic mass is 10.1. The Bertz CT molecular complexity index is 561. The number of rotatable bonds is 2. The highest BCUT2D eigenvalue weighted by molar-refractivity contribution is 5.85. The van der Waals surface area contributed by atoms with Crippen LogP contribution in [0.4, 0.5) is 4.39 Å². The van der Waals surface area contributed by atoms with Crippen molar-refractivity contribution in [1.82, 2.24) is 4.98 Å². The molecule has 0 amide bonds. The molecule has 3 heteroatoms. The van der Waals surface area contributed by atoms with E-state index in [4.69, 9.17) is 5.26 Å². The summed E-state index contributed by atoms with van der Waals surface area (Å²) in [5.41, 5.74) is 1.74. The molecule has 15 heavy (non-hydrogen) atoms. The van der Waals surface area contributed by atoms with Crippen LogP contribution >= 0.6 is 0 Å². The molecule has 0 bridgehead atoms. The number of hydrogen-bond donors (Lipinski definition) is 1. The largest absolute Gasteiger partial charge is 0.359 e. The molecule has 2 nitrogen and oxygen atoms in total. The Morgan fingerprint density at radius 3 is 3.00 bits per heavy atom. The fourth-order valence-corrected chi connectivity index (χ4v) is 1.63. The summed E-state index contributed by atoms with van der Waals surface area (Å²) >= 11 is 0. The van der Waals surface area contributed by atoms with E-state index in [9.17, 15) is 4.39 Å². The standard InChI is InChI=1S/C12H9FN2/c1-2-3-9-7-15-12-10(9)4-8(6-14)5-11(12)13/h2,4-5,7,15H,1,3H2. The van der Waals surface area contributed by atoms with Gasteiger partial charge in [-0.1, -0.05) is 6.08 Å². The van der Waals surface area contributed by atoms with Crippen LogP contribution in [0.1, 0.15) is 11.1 Å². The average Bonchev–Trinajstić information content (AvgIpc) is 2.63. The van der Waals surface area contributed by atoms with Crippen molar-refractivity contribution < 1.29 is 4.39 Å². The SMILES string of the molecule is C=CCc1c[nH]c2c(F)cc(C#N)cc12. The number of benzene rings is 1. The molecule has 0 radical (unpaired) electrons. The van der Waals surface area contributed by atoms with E-state index in [1.165, 1.54) is 6.07 Å². The summed E-state index contributed by atoms with van der Waals surface area (Å²) < 4.78 is 13.5. The van der Waals surface area contributed by atoms with Crippen LogP contribution in [0.3, 0.4) is 0 Å². The zero-order chi connectivity index (χ0) is 10.8. The van der Waals surface area contributed by atoms with Crippen molar-refractivity contribution in [3.8, 4) is 6.07 Å². The predicted molar refractivity (Wildman–Crippen MR) is 56.9 cm³/mol. The van der Waals surface area contributed by atoms with Crippen molar-refractivity contribution in [2.75, 3.05) is 0 Å². The van der Waals surface area contributed by atoms with Gasteiger partial charge in [0.25, 0.3) is 0 Å². The summed E-state index contributed by atoms with van der Waals surface area (Å²) in [7, 11) is 0. The van der Waals surface area contributed by atoms with E-state index >= 15 is 0 Å². The van der Waals surface area contributed by atoms with Crippen LogP contribution in [0.5, 0.6) is 0 Å². The second-order valence-corrected chi connectivity index (χ2v) is 3.30. The van der Waals surface area contributed by atoms with Gasteiger partial charge in [0.1, 0.15) is 5.82 Å². The Labute approximate surface area is 86.7 Å². The highest BCUT2D eigenvalue weighted by Crippen LogP contribution is 2.23. The predicted octanol–water partition coefficient (Wildman–Crippen LogP) is 2.91. The molecule has 0 saturated heterocycles. The molecular weight excluding hydrogens is 191 g/mol. The summed E-state index contributed by atoms with van der Waals surface area (Å²) in [4.78, 5) is 2.86. The molecule has 1 heterocycles. The number of nitrogens with one attached hydrogen (secondary N) is 1. The number of allylic oxidation sites excluding steroid dienone is 1. The van der Waals surface area contributed by atoms with Gasteiger partial charge >= 0.3 is 0 Å². The molecule has 74 valence electrons. The highest BCUT2D eigenvalue weighted by atomic mass is 19.1. The Kier molecular flexibility index (Phi) is 2.26. The van der Waals surface area contributed by atoms with Gasteiger partial charge < -0.3 is 4.98 Å². The molecule has 0 aliphatic heterocycles. The average molecular weight is 200 g/mol. The molecule has 1 aromatic carbocycles. The van der Waals surface area contributed by atoms with E-state index < -0.39 is 0 Å². The minimum Gasteiger partial charge on any atom is -0.359 e. The number of nitrogens with zero attached hydrogens (tertiary/aromatic N) is 1. The Morgan fingerprint density at radius 2 is 2.33 bits per heavy atom. The smallest absolute Gasteiger partial charge is 0.148 e. The zero-order valence-electron chi connectivity index (χ0n) is 8.05. The molecular formula is C12H9FN2. The number of fused-ring (bicyclic) bond motifs is 1. The van der Waals surface area contributed by atoms with Gasteiger partial charge in [-0.05, 0) is 24.1 Å². The number of aromatic amines is 1. The van der Waals surface area contributed by atoms with Gasteiger partial charge in [-0.15, -0.1) is 6.58 Å². The first-order valence-corrected chi connectivity index (χ1v) is 4.56. The summed E-state index contributed by atoms with van der Waals surface area (Å²) in [5, 5.41) is 9.49. The first-order valence-electron chi connectivity index (χ1n) is 4.56. The van der Waals surface area contributed by atoms with Crippen LogP contribution in [-0.2, 0) is 6.42 Å². The second kappa shape index (κ2) is 3.58. The second-order valence-electron chi connectivity index (χ2n) is 3.30. The van der Waals surface area contributed by atoms with Crippen molar-refractivity contribution in [1.29, 1.82) is 5.26 Å². The maximum absolute atomic E-state index is 13.5. The monoisotopic (exact) mass is 200 g/mol. The topological polar surface area (TPSA) is 39.6 Å². The van der Waals surface area contributed by atoms with Gasteiger partial charge in [-0.3, -0.25) is 0 Å². The number of halogens is 1. The molecule has 0 atom stereocenters. The molecule has 0 aliphatic carbocycles. The lowest BCUT2D eigenvalue weighted by Gasteiger charge is -1.96. The van der Waals surface area contributed by atoms with Gasteiger partial charge in [0.15, 0.2) is 0 Å². The van der Waals surface area contributed by atoms with Gasteiger partial charge in [0, 0.05) is 11.6 Å². The molecule has 1 N–H and O–H groups in total. The van der Waals surface area contributed by atoms with E-state index in [0.717, 1.165) is 10.9 Å². The lowest BCUT2D eigenvalue weighted by molar-refractivity contribution is 0.637. The molecule has 0 fully saturated rings. The summed E-state index contributed by atoms with van der Waals surface area (Å²) in [6.45, 7) is 3.63. The Balaban J connectivity index is 2.73. The van der Waals surface area contributed by atoms with Gasteiger partial charge in [0.05, 0.1) is 17.1 Å². The molecule has 2 aromatic rings. The van der Waals surface area contributed by atoms with Gasteiger partial charge in [0.2, 0.25) is 0 Å². The van der Waals surface area contributed by atoms with Gasteiger partial charge in [-0.25, -0.2) is 4.39 Å². The molecule has 0 unspecified atom stereocenters. The van der Waals surface area contributed by atoms with E-state index in [0.29, 0.717) is 17.5 Å². The number of nitriles is 1. The summed E-state index contributed by atoms with van der Waals surface area (Å²) in [6.07, 6.45) is 4.16. The lowest BCUT2D eigenvalue weighted by Crippen LogP contribution is -1.83. The van der Waals surface area contributed by atoms with E-state index in [1.807, 2.05) is 6.07 Å². The normalized spacial score (nSPS) is 10.1. The quantitative estimate of drug-likeness (QED) is 0.744. The van der Waals surface area contributed by atoms with E-state index in [-0.39, 0.29) is 5.82 Å². The van der Waals surface area contributed by atoms with Crippen LogP contribution in [0, 0.1) is 17.1 Å². The molecule has 0 saturated carbocycles. The maximum Gasteiger partial charge on any atom is 0.148 e. The minimum absolute atomic E-state index is 0.338. The summed E-state index contributed by atoms with van der Waals surface area (Å²) in [6, 6.07) is 4.86. The molecule has 1 aromatic heterocycles. The molecule has 2 rings (SSSR count). The first kappa shape index (κ1) is 9.47. The molecule has 0 spiro atoms. The number of hydrogen-bond acceptors (Lipinski definition) is 1. The third-order valence-electron chi connectivity index (χ3n) is 2.32. The van der Waals surface area contributed by atoms with Crippen molar-refractivity contribution in [2.45, 2.75) is 6.42 Å². The van der Waals surface area contributed by atoms with Crippen molar-refractivity contribution >= 4 is 10.9 Å². The van der Waals surface area contributed by atoms with Crippen LogP contribution in [0.15, 0.2) is 31.0 Å². The van der Waals surface area contributed by atoms with Crippen LogP contribution in [0.2, 0.25) is 0 Å². The van der Waals surface area contributed by atoms with E-state index in [2.05, 4.69) is 11.6 Å². The number of aromatic nitrogens is 1. The Hall–Kier alpha value is -2.08. The highest BCUT2D eigenvalue weighted by Gasteiger charge is 2.08. The van der Waals surface area contributed by atoms with Crippen LogP contribution < -0.4 is 0 Å². The maximum atomic E-state index is 13.5. The Morgan fingerprint density at radius 1 is 1.53 bits per heavy atom. The van der Waals surface area contributed by atoms with Crippen molar-refractivity contribution in [3.63, 3.8) is 0 Å². The summed E-state index contributed by atoms with van der Waals surface area (Å²) in [5.74, 6) is -0.389. The van der Waals surface area contributed by atoms with E-state index in [1.54, 1.807) is 18.3 Å². The zero-order valence-corrected chi connectivity index (χ0v) is 8.05. The van der Waals surface area contributed by atoms with Crippen molar-refractivity contribution in [3.05, 3.63) is 47.9 Å². The third-order valence-corrected chi connectivity index (χ3v) is 2.32. The fourth-order valence-electron chi connectivity index (χ4n) is 1.63. The molecule has 0 aliphatic rings. The minimum atomic E-state index is -0.389. The first-order chi connectivity index (χ1) is 7.26. The fraction of sp³-hybridized carbons (Fsp3) is 0.0833. The number of H-pyrrole nitrogens is 1. The van der Waals surface area contributed by atoms with Crippen molar-refractivity contribution in [2.24, 2.45) is 0 Å². The van der Waals surface area contributed by atoms with Crippen LogP contribution in [0.25, 0.3) is 10.9 Å². The van der Waals surface area contributed by atoms with Crippen LogP contribution in [-0.4, -0.2) is 4.98 Å². The van der Waals surface area contributed by atoms with Gasteiger partial charge in [-0.2, -0.15) is 5.26 Å².